The maximum atomic E-state index is 12.8. The average Bonchev–Trinajstić information content (AvgIpc) is 2.76. The van der Waals surface area contributed by atoms with Crippen molar-refractivity contribution in [2.75, 3.05) is 5.32 Å². The molecule has 0 aliphatic heterocycles. The highest BCUT2D eigenvalue weighted by molar-refractivity contribution is 6.05. The van der Waals surface area contributed by atoms with Crippen molar-refractivity contribution in [2.24, 2.45) is 14.1 Å². The Labute approximate surface area is 165 Å². The van der Waals surface area contributed by atoms with Crippen LogP contribution in [0.4, 0.5) is 5.69 Å². The first kappa shape index (κ1) is 18.4. The molecule has 1 N–H and O–H groups in total. The molecular formula is C22H18N4O3. The Balaban J connectivity index is 1.75. The van der Waals surface area contributed by atoms with E-state index in [2.05, 4.69) is 10.3 Å². The Bertz CT molecular complexity index is 1350. The van der Waals surface area contributed by atoms with Crippen LogP contribution in [0.2, 0.25) is 0 Å². The molecule has 1 amide bonds. The molecule has 0 aliphatic rings. The molecule has 7 heteroatoms. The van der Waals surface area contributed by atoms with Gasteiger partial charge in [-0.25, -0.2) is 9.78 Å². The van der Waals surface area contributed by atoms with Crippen LogP contribution in [0.1, 0.15) is 10.5 Å². The molecule has 2 aromatic carbocycles. The van der Waals surface area contributed by atoms with Gasteiger partial charge in [0.2, 0.25) is 0 Å². The van der Waals surface area contributed by atoms with Gasteiger partial charge in [0, 0.05) is 25.3 Å². The van der Waals surface area contributed by atoms with Gasteiger partial charge in [-0.2, -0.15) is 0 Å². The lowest BCUT2D eigenvalue weighted by atomic mass is 10.0. The summed E-state index contributed by atoms with van der Waals surface area (Å²) in [6.07, 6.45) is 0. The zero-order chi connectivity index (χ0) is 20.5. The second kappa shape index (κ2) is 7.20. The first-order valence-electron chi connectivity index (χ1n) is 9.00. The number of benzene rings is 2. The second-order valence-corrected chi connectivity index (χ2v) is 6.64. The van der Waals surface area contributed by atoms with E-state index in [-0.39, 0.29) is 16.7 Å². The van der Waals surface area contributed by atoms with Crippen LogP contribution in [-0.4, -0.2) is 20.0 Å². The predicted molar refractivity (Wildman–Crippen MR) is 112 cm³/mol. The first-order chi connectivity index (χ1) is 14.0. The number of pyridine rings is 1. The first-order valence-corrected chi connectivity index (χ1v) is 9.00. The third-order valence-electron chi connectivity index (χ3n) is 4.79. The molecule has 0 bridgehead atoms. The molecule has 4 rings (SSSR count). The fourth-order valence-electron chi connectivity index (χ4n) is 3.23. The number of nitrogens with zero attached hydrogens (tertiary/aromatic N) is 3. The standard InChI is InChI=1S/C22H18N4O3/c1-25-19-16(21(28)26(2)22(25)29)12-13-18(23-19)20(27)24-17-11-7-6-10-15(17)14-8-4-3-5-9-14/h3-13H,1-2H3,(H,24,27). The number of carbonyl (C=O) groups is 1. The largest absolute Gasteiger partial charge is 0.332 e. The van der Waals surface area contributed by atoms with Gasteiger partial charge < -0.3 is 5.32 Å². The van der Waals surface area contributed by atoms with Crippen molar-refractivity contribution in [3.63, 3.8) is 0 Å². The summed E-state index contributed by atoms with van der Waals surface area (Å²) >= 11 is 0. The summed E-state index contributed by atoms with van der Waals surface area (Å²) in [5.41, 5.74) is 1.83. The number of hydrogen-bond acceptors (Lipinski definition) is 4. The molecule has 4 aromatic rings. The van der Waals surface area contributed by atoms with Gasteiger partial charge in [-0.3, -0.25) is 18.7 Å². The Morgan fingerprint density at radius 2 is 1.55 bits per heavy atom. The van der Waals surface area contributed by atoms with Gasteiger partial charge in [0.15, 0.2) is 0 Å². The zero-order valence-electron chi connectivity index (χ0n) is 15.9. The Morgan fingerprint density at radius 1 is 0.862 bits per heavy atom. The van der Waals surface area contributed by atoms with Crippen molar-refractivity contribution in [3.8, 4) is 11.1 Å². The van der Waals surface area contributed by atoms with E-state index < -0.39 is 17.2 Å². The van der Waals surface area contributed by atoms with Gasteiger partial charge in [-0.15, -0.1) is 0 Å². The third-order valence-corrected chi connectivity index (χ3v) is 4.79. The highest BCUT2D eigenvalue weighted by Gasteiger charge is 2.15. The number of fused-ring (bicyclic) bond motifs is 1. The average molecular weight is 386 g/mol. The summed E-state index contributed by atoms with van der Waals surface area (Å²) in [4.78, 5) is 41.6. The number of nitrogens with one attached hydrogen (secondary N) is 1. The van der Waals surface area contributed by atoms with Gasteiger partial charge in [0.05, 0.1) is 5.39 Å². The van der Waals surface area contributed by atoms with Crippen LogP contribution in [0.15, 0.2) is 76.3 Å². The van der Waals surface area contributed by atoms with Gasteiger partial charge in [0.1, 0.15) is 11.3 Å². The SMILES string of the molecule is Cn1c(=O)c2ccc(C(=O)Nc3ccccc3-c3ccccc3)nc2n(C)c1=O. The molecule has 0 radical (unpaired) electrons. The number of amides is 1. The minimum absolute atomic E-state index is 0.114. The molecule has 2 aromatic heterocycles. The van der Waals surface area contributed by atoms with E-state index in [1.165, 1.54) is 30.8 Å². The molecule has 0 saturated heterocycles. The minimum atomic E-state index is -0.498. The van der Waals surface area contributed by atoms with Crippen LogP contribution in [-0.2, 0) is 14.1 Å². The van der Waals surface area contributed by atoms with E-state index >= 15 is 0 Å². The monoisotopic (exact) mass is 386 g/mol. The zero-order valence-corrected chi connectivity index (χ0v) is 15.9. The minimum Gasteiger partial charge on any atom is -0.320 e. The topological polar surface area (TPSA) is 86.0 Å². The van der Waals surface area contributed by atoms with E-state index in [1.54, 1.807) is 0 Å². The summed E-state index contributed by atoms with van der Waals surface area (Å²) in [7, 11) is 2.93. The quantitative estimate of drug-likeness (QED) is 0.586. The predicted octanol–water partition coefficient (Wildman–Crippen LogP) is 2.55. The number of rotatable bonds is 3. The lowest BCUT2D eigenvalue weighted by molar-refractivity contribution is 0.102. The summed E-state index contributed by atoms with van der Waals surface area (Å²) < 4.78 is 2.27. The Kier molecular flexibility index (Phi) is 4.56. The molecule has 7 nitrogen and oxygen atoms in total. The fraction of sp³-hybridized carbons (Fsp3) is 0.0909. The lowest BCUT2D eigenvalue weighted by Gasteiger charge is -2.12. The summed E-state index contributed by atoms with van der Waals surface area (Å²) in [5, 5.41) is 3.15. The van der Waals surface area contributed by atoms with Crippen LogP contribution in [0, 0.1) is 0 Å². The molecule has 2 heterocycles. The van der Waals surface area contributed by atoms with Crippen LogP contribution >= 0.6 is 0 Å². The van der Waals surface area contributed by atoms with E-state index in [4.69, 9.17) is 0 Å². The summed E-state index contributed by atoms with van der Waals surface area (Å²) in [6.45, 7) is 0. The van der Waals surface area contributed by atoms with Gasteiger partial charge in [0.25, 0.3) is 11.5 Å². The number of aromatic nitrogens is 3. The highest BCUT2D eigenvalue weighted by Crippen LogP contribution is 2.27. The number of aryl methyl sites for hydroxylation is 1. The molecule has 29 heavy (non-hydrogen) atoms. The third kappa shape index (κ3) is 3.23. The maximum Gasteiger partial charge on any atom is 0.332 e. The van der Waals surface area contributed by atoms with Crippen molar-refractivity contribution in [1.29, 1.82) is 0 Å². The van der Waals surface area contributed by atoms with E-state index in [0.29, 0.717) is 5.69 Å². The molecule has 144 valence electrons. The Morgan fingerprint density at radius 3 is 2.31 bits per heavy atom. The van der Waals surface area contributed by atoms with E-state index in [0.717, 1.165) is 15.7 Å². The summed E-state index contributed by atoms with van der Waals surface area (Å²) in [5.74, 6) is -0.427. The molecular weight excluding hydrogens is 368 g/mol. The van der Waals surface area contributed by atoms with Crippen LogP contribution in [0.5, 0.6) is 0 Å². The highest BCUT2D eigenvalue weighted by atomic mass is 16.2. The van der Waals surface area contributed by atoms with Crippen LogP contribution in [0.3, 0.4) is 0 Å². The van der Waals surface area contributed by atoms with Gasteiger partial charge in [-0.1, -0.05) is 48.5 Å². The van der Waals surface area contributed by atoms with Gasteiger partial charge >= 0.3 is 5.69 Å². The maximum absolute atomic E-state index is 12.8. The molecule has 0 spiro atoms. The van der Waals surface area contributed by atoms with Crippen LogP contribution < -0.4 is 16.6 Å². The van der Waals surface area contributed by atoms with Crippen molar-refractivity contribution in [1.82, 2.24) is 14.1 Å². The van der Waals surface area contributed by atoms with Crippen molar-refractivity contribution < 1.29 is 4.79 Å². The van der Waals surface area contributed by atoms with E-state index in [1.807, 2.05) is 54.6 Å². The fourth-order valence-corrected chi connectivity index (χ4v) is 3.23. The molecule has 0 saturated carbocycles. The van der Waals surface area contributed by atoms with E-state index in [9.17, 15) is 14.4 Å². The molecule has 0 unspecified atom stereocenters. The van der Waals surface area contributed by atoms with Gasteiger partial charge in [-0.05, 0) is 23.8 Å². The second-order valence-electron chi connectivity index (χ2n) is 6.64. The number of hydrogen-bond donors (Lipinski definition) is 1. The van der Waals surface area contributed by atoms with Crippen molar-refractivity contribution >= 4 is 22.6 Å². The van der Waals surface area contributed by atoms with Crippen molar-refractivity contribution in [2.45, 2.75) is 0 Å². The normalized spacial score (nSPS) is 10.8. The number of para-hydroxylation sites is 1. The smallest absolute Gasteiger partial charge is 0.320 e. The molecule has 0 aliphatic carbocycles. The Hall–Kier alpha value is -4.00. The molecule has 0 fully saturated rings. The van der Waals surface area contributed by atoms with Crippen molar-refractivity contribution in [3.05, 3.63) is 93.3 Å². The van der Waals surface area contributed by atoms with Crippen LogP contribution in [0.25, 0.3) is 22.2 Å². The number of anilines is 1. The number of carbonyl (C=O) groups excluding carboxylic acids is 1. The lowest BCUT2D eigenvalue weighted by Crippen LogP contribution is -2.37. The molecule has 0 atom stereocenters. The summed E-state index contributed by atoms with van der Waals surface area (Å²) in [6, 6.07) is 20.2.